The van der Waals surface area contributed by atoms with Crippen molar-refractivity contribution in [2.24, 2.45) is 0 Å². The van der Waals surface area contributed by atoms with E-state index < -0.39 is 18.2 Å². The first-order valence-corrected chi connectivity index (χ1v) is 6.73. The molecule has 1 unspecified atom stereocenters. The molecule has 1 rings (SSSR count). The van der Waals surface area contributed by atoms with Gasteiger partial charge in [0.1, 0.15) is 6.61 Å². The van der Waals surface area contributed by atoms with Crippen molar-refractivity contribution in [2.45, 2.75) is 37.7 Å². The van der Waals surface area contributed by atoms with Gasteiger partial charge in [0.15, 0.2) is 0 Å². The Morgan fingerprint density at radius 2 is 1.89 bits per heavy atom. The lowest BCUT2D eigenvalue weighted by Gasteiger charge is -2.15. The van der Waals surface area contributed by atoms with Crippen LogP contribution in [0.2, 0.25) is 0 Å². The van der Waals surface area contributed by atoms with E-state index in [1.165, 1.54) is 11.3 Å². The van der Waals surface area contributed by atoms with Crippen LogP contribution >= 0.6 is 22.9 Å². The topological polar surface area (TPSA) is 9.23 Å². The largest absolute Gasteiger partial charge is 0.411 e. The zero-order chi connectivity index (χ0) is 14.0. The number of ether oxygens (including phenoxy) is 1. The molecule has 0 amide bonds. The lowest BCUT2D eigenvalue weighted by Crippen LogP contribution is -2.18. The third-order valence-electron chi connectivity index (χ3n) is 2.20. The molecule has 1 atom stereocenters. The molecule has 0 bridgehead atoms. The maximum atomic E-state index is 11.9. The molecule has 18 heavy (non-hydrogen) atoms. The molecule has 0 fully saturated rings. The SMILES string of the molecule is CC(C)(C)c1ccc(C(Cl)COCC(F)(F)F)s1. The minimum atomic E-state index is -4.30. The Hall–Kier alpha value is -0.260. The molecule has 0 aliphatic heterocycles. The predicted molar refractivity (Wildman–Crippen MR) is 68.5 cm³/mol. The van der Waals surface area contributed by atoms with Gasteiger partial charge in [0, 0.05) is 9.75 Å². The first-order valence-electron chi connectivity index (χ1n) is 5.48. The molecule has 0 saturated carbocycles. The first-order chi connectivity index (χ1) is 8.09. The highest BCUT2D eigenvalue weighted by Gasteiger charge is 2.28. The van der Waals surface area contributed by atoms with Crippen LogP contribution in [0.4, 0.5) is 13.2 Å². The van der Waals surface area contributed by atoms with Crippen LogP contribution in [0.3, 0.4) is 0 Å². The normalized spacial score (nSPS) is 14.8. The minimum absolute atomic E-state index is 0.0202. The number of halogens is 4. The van der Waals surface area contributed by atoms with E-state index in [4.69, 9.17) is 11.6 Å². The molecular weight excluding hydrogens is 285 g/mol. The van der Waals surface area contributed by atoms with Crippen LogP contribution in [-0.4, -0.2) is 19.4 Å². The van der Waals surface area contributed by atoms with Crippen molar-refractivity contribution in [3.63, 3.8) is 0 Å². The number of alkyl halides is 4. The summed E-state index contributed by atoms with van der Waals surface area (Å²) < 4.78 is 40.3. The van der Waals surface area contributed by atoms with Gasteiger partial charge in [-0.25, -0.2) is 0 Å². The number of hydrogen-bond acceptors (Lipinski definition) is 2. The number of rotatable bonds is 4. The Morgan fingerprint density at radius 3 is 2.33 bits per heavy atom. The molecule has 0 radical (unpaired) electrons. The summed E-state index contributed by atoms with van der Waals surface area (Å²) >= 11 is 7.53. The van der Waals surface area contributed by atoms with Crippen LogP contribution in [0.5, 0.6) is 0 Å². The van der Waals surface area contributed by atoms with E-state index in [1.807, 2.05) is 12.1 Å². The summed E-state index contributed by atoms with van der Waals surface area (Å²) in [5.74, 6) is 0. The summed E-state index contributed by atoms with van der Waals surface area (Å²) in [4.78, 5) is 1.99. The van der Waals surface area contributed by atoms with Crippen molar-refractivity contribution >= 4 is 22.9 Å². The van der Waals surface area contributed by atoms with Gasteiger partial charge >= 0.3 is 6.18 Å². The third-order valence-corrected chi connectivity index (χ3v) is 4.32. The maximum Gasteiger partial charge on any atom is 0.411 e. The fourth-order valence-corrected chi connectivity index (χ4v) is 2.61. The zero-order valence-electron chi connectivity index (χ0n) is 10.5. The van der Waals surface area contributed by atoms with Crippen molar-refractivity contribution in [3.05, 3.63) is 21.9 Å². The van der Waals surface area contributed by atoms with Gasteiger partial charge in [-0.3, -0.25) is 0 Å². The molecule has 0 saturated heterocycles. The molecule has 1 aromatic rings. The van der Waals surface area contributed by atoms with E-state index in [0.29, 0.717) is 0 Å². The summed E-state index contributed by atoms with van der Waals surface area (Å²) in [5, 5.41) is -0.534. The van der Waals surface area contributed by atoms with E-state index in [9.17, 15) is 13.2 Å². The van der Waals surface area contributed by atoms with Crippen molar-refractivity contribution in [3.8, 4) is 0 Å². The molecule has 1 heterocycles. The Morgan fingerprint density at radius 1 is 1.28 bits per heavy atom. The smallest absolute Gasteiger partial charge is 0.370 e. The Labute approximate surface area is 114 Å². The Kier molecular flexibility index (Phi) is 5.09. The minimum Gasteiger partial charge on any atom is -0.370 e. The molecule has 0 aliphatic carbocycles. The molecule has 0 spiro atoms. The highest BCUT2D eigenvalue weighted by atomic mass is 35.5. The van der Waals surface area contributed by atoms with Gasteiger partial charge in [0.2, 0.25) is 0 Å². The lowest BCUT2D eigenvalue weighted by atomic mass is 9.95. The summed E-state index contributed by atoms with van der Waals surface area (Å²) in [6, 6.07) is 3.80. The second kappa shape index (κ2) is 5.80. The van der Waals surface area contributed by atoms with Crippen LogP contribution in [0.25, 0.3) is 0 Å². The Balaban J connectivity index is 2.52. The average Bonchev–Trinajstić information content (AvgIpc) is 2.62. The van der Waals surface area contributed by atoms with E-state index >= 15 is 0 Å². The summed E-state index contributed by atoms with van der Waals surface area (Å²) in [7, 11) is 0. The fourth-order valence-electron chi connectivity index (χ4n) is 1.28. The molecular formula is C12H16ClF3OS. The number of hydrogen-bond donors (Lipinski definition) is 0. The molecule has 1 aromatic heterocycles. The summed E-state index contributed by atoms with van der Waals surface area (Å²) in [6.45, 7) is 4.84. The second-order valence-electron chi connectivity index (χ2n) is 5.05. The van der Waals surface area contributed by atoms with Gasteiger partial charge in [0.05, 0.1) is 12.0 Å². The zero-order valence-corrected chi connectivity index (χ0v) is 12.0. The van der Waals surface area contributed by atoms with Gasteiger partial charge in [-0.15, -0.1) is 22.9 Å². The van der Waals surface area contributed by atoms with Crippen LogP contribution in [0, 0.1) is 0 Å². The third kappa shape index (κ3) is 5.16. The predicted octanol–water partition coefficient (Wildman–Crippen LogP) is 4.90. The van der Waals surface area contributed by atoms with Gasteiger partial charge in [-0.2, -0.15) is 13.2 Å². The van der Waals surface area contributed by atoms with Crippen molar-refractivity contribution in [2.75, 3.05) is 13.2 Å². The molecule has 1 nitrogen and oxygen atoms in total. The van der Waals surface area contributed by atoms with Gasteiger partial charge in [0.25, 0.3) is 0 Å². The van der Waals surface area contributed by atoms with E-state index in [1.54, 1.807) is 0 Å². The second-order valence-corrected chi connectivity index (χ2v) is 6.69. The quantitative estimate of drug-likeness (QED) is 0.718. The van der Waals surface area contributed by atoms with Gasteiger partial charge in [-0.1, -0.05) is 20.8 Å². The van der Waals surface area contributed by atoms with Crippen LogP contribution in [0.1, 0.15) is 35.9 Å². The van der Waals surface area contributed by atoms with Crippen LogP contribution in [0.15, 0.2) is 12.1 Å². The fraction of sp³-hybridized carbons (Fsp3) is 0.667. The molecule has 0 N–H and O–H groups in total. The van der Waals surface area contributed by atoms with E-state index in [-0.39, 0.29) is 12.0 Å². The van der Waals surface area contributed by atoms with Crippen LogP contribution in [-0.2, 0) is 10.2 Å². The maximum absolute atomic E-state index is 11.9. The monoisotopic (exact) mass is 300 g/mol. The molecule has 104 valence electrons. The first kappa shape index (κ1) is 15.8. The molecule has 0 aliphatic rings. The average molecular weight is 301 g/mol. The van der Waals surface area contributed by atoms with E-state index in [2.05, 4.69) is 25.5 Å². The molecule has 0 aromatic carbocycles. The summed E-state index contributed by atoms with van der Waals surface area (Å²) in [6.07, 6.45) is -4.30. The van der Waals surface area contributed by atoms with Gasteiger partial charge in [-0.05, 0) is 17.5 Å². The van der Waals surface area contributed by atoms with Crippen molar-refractivity contribution in [1.29, 1.82) is 0 Å². The Bertz CT molecular complexity index is 381. The van der Waals surface area contributed by atoms with Crippen molar-refractivity contribution in [1.82, 2.24) is 0 Å². The van der Waals surface area contributed by atoms with Crippen LogP contribution < -0.4 is 0 Å². The number of thiophene rings is 1. The standard InChI is InChI=1S/C12H16ClF3OS/c1-11(2,3)10-5-4-9(18-10)8(13)6-17-7-12(14,15)16/h4-5,8H,6-7H2,1-3H3. The lowest BCUT2D eigenvalue weighted by molar-refractivity contribution is -0.173. The van der Waals surface area contributed by atoms with Gasteiger partial charge < -0.3 is 4.74 Å². The molecule has 6 heteroatoms. The van der Waals surface area contributed by atoms with E-state index in [0.717, 1.165) is 9.75 Å². The highest BCUT2D eigenvalue weighted by molar-refractivity contribution is 7.12. The van der Waals surface area contributed by atoms with Crippen molar-refractivity contribution < 1.29 is 17.9 Å². The highest BCUT2D eigenvalue weighted by Crippen LogP contribution is 2.34. The summed E-state index contributed by atoms with van der Waals surface area (Å²) in [5.41, 5.74) is 0.0202.